The number of rotatable bonds is 1. The standard InChI is InChI=1S/C10H9F3N2O2/c1-15(9(17)8(14)16)7-5-3-2-4-6(7)10(11,12)13/h2-5H,1H3,(H2,14,16). The number of carbonyl (C=O) groups is 2. The number of nitrogens with two attached hydrogens (primary N) is 1. The molecule has 0 unspecified atom stereocenters. The highest BCUT2D eigenvalue weighted by atomic mass is 19.4. The van der Waals surface area contributed by atoms with Crippen LogP contribution in [0, 0.1) is 0 Å². The number of anilines is 1. The minimum Gasteiger partial charge on any atom is -0.361 e. The van der Waals surface area contributed by atoms with Crippen molar-refractivity contribution in [1.29, 1.82) is 0 Å². The molecule has 0 heterocycles. The molecule has 0 spiro atoms. The van der Waals surface area contributed by atoms with Crippen LogP contribution in [-0.4, -0.2) is 18.9 Å². The van der Waals surface area contributed by atoms with Crippen molar-refractivity contribution < 1.29 is 22.8 Å². The lowest BCUT2D eigenvalue weighted by Crippen LogP contribution is -2.38. The fourth-order valence-corrected chi connectivity index (χ4v) is 1.28. The van der Waals surface area contributed by atoms with Crippen molar-refractivity contribution in [2.24, 2.45) is 5.73 Å². The molecule has 0 saturated carbocycles. The summed E-state index contributed by atoms with van der Waals surface area (Å²) in [6.07, 6.45) is -4.61. The van der Waals surface area contributed by atoms with Gasteiger partial charge in [-0.2, -0.15) is 13.2 Å². The molecule has 1 aromatic rings. The summed E-state index contributed by atoms with van der Waals surface area (Å²) in [5, 5.41) is 0. The highest BCUT2D eigenvalue weighted by Gasteiger charge is 2.35. The van der Waals surface area contributed by atoms with E-state index in [4.69, 9.17) is 5.73 Å². The van der Waals surface area contributed by atoms with Gasteiger partial charge in [-0.3, -0.25) is 9.59 Å². The molecule has 7 heteroatoms. The van der Waals surface area contributed by atoms with Gasteiger partial charge < -0.3 is 10.6 Å². The summed E-state index contributed by atoms with van der Waals surface area (Å²) < 4.78 is 37.9. The van der Waals surface area contributed by atoms with Gasteiger partial charge in [-0.15, -0.1) is 0 Å². The third kappa shape index (κ3) is 2.74. The van der Waals surface area contributed by atoms with Crippen LogP contribution in [0.5, 0.6) is 0 Å². The van der Waals surface area contributed by atoms with Crippen LogP contribution in [0.15, 0.2) is 24.3 Å². The molecular formula is C10H9F3N2O2. The lowest BCUT2D eigenvalue weighted by Gasteiger charge is -2.20. The number of para-hydroxylation sites is 1. The summed E-state index contributed by atoms with van der Waals surface area (Å²) in [4.78, 5) is 22.4. The second-order valence-corrected chi connectivity index (χ2v) is 3.24. The van der Waals surface area contributed by atoms with Gasteiger partial charge in [0.15, 0.2) is 0 Å². The Labute approximate surface area is 94.8 Å². The fourth-order valence-electron chi connectivity index (χ4n) is 1.28. The maximum atomic E-state index is 12.6. The number of primary amides is 1. The predicted octanol–water partition coefficient (Wildman–Crippen LogP) is 1.15. The SMILES string of the molecule is CN(C(=O)C(N)=O)c1ccccc1C(F)(F)F. The number of carbonyl (C=O) groups excluding carboxylic acids is 2. The maximum absolute atomic E-state index is 12.6. The number of hydrogen-bond donors (Lipinski definition) is 1. The topological polar surface area (TPSA) is 63.4 Å². The molecule has 0 aliphatic carbocycles. The number of likely N-dealkylation sites (N-methyl/N-ethyl adjacent to an activating group) is 1. The first kappa shape index (κ1) is 13.0. The van der Waals surface area contributed by atoms with Crippen molar-refractivity contribution in [3.63, 3.8) is 0 Å². The number of amides is 2. The van der Waals surface area contributed by atoms with Gasteiger partial charge in [-0.25, -0.2) is 0 Å². The molecule has 0 radical (unpaired) electrons. The van der Waals surface area contributed by atoms with Gasteiger partial charge in [0, 0.05) is 7.05 Å². The van der Waals surface area contributed by atoms with Gasteiger partial charge in [0.2, 0.25) is 0 Å². The van der Waals surface area contributed by atoms with Crippen molar-refractivity contribution in [3.8, 4) is 0 Å². The van der Waals surface area contributed by atoms with E-state index in [0.29, 0.717) is 4.90 Å². The Morgan fingerprint density at radius 1 is 1.24 bits per heavy atom. The quantitative estimate of drug-likeness (QED) is 0.755. The Morgan fingerprint density at radius 3 is 2.24 bits per heavy atom. The minimum absolute atomic E-state index is 0.413. The van der Waals surface area contributed by atoms with Crippen molar-refractivity contribution >= 4 is 17.5 Å². The molecule has 0 aromatic heterocycles. The van der Waals surface area contributed by atoms with Gasteiger partial charge in [0.1, 0.15) is 0 Å². The summed E-state index contributed by atoms with van der Waals surface area (Å²) in [6.45, 7) is 0. The highest BCUT2D eigenvalue weighted by Crippen LogP contribution is 2.35. The highest BCUT2D eigenvalue weighted by molar-refractivity contribution is 6.39. The first-order chi connectivity index (χ1) is 7.75. The zero-order valence-electron chi connectivity index (χ0n) is 8.78. The van der Waals surface area contributed by atoms with Crippen molar-refractivity contribution in [1.82, 2.24) is 0 Å². The Hall–Kier alpha value is -2.05. The van der Waals surface area contributed by atoms with Crippen LogP contribution in [0.4, 0.5) is 18.9 Å². The summed E-state index contributed by atoms with van der Waals surface area (Å²) >= 11 is 0. The molecule has 2 N–H and O–H groups in total. The molecule has 17 heavy (non-hydrogen) atoms. The molecule has 0 atom stereocenters. The Kier molecular flexibility index (Phi) is 3.40. The normalized spacial score (nSPS) is 11.1. The average Bonchev–Trinajstić information content (AvgIpc) is 2.25. The van der Waals surface area contributed by atoms with Crippen molar-refractivity contribution in [2.45, 2.75) is 6.18 Å². The van der Waals surface area contributed by atoms with Gasteiger partial charge in [-0.1, -0.05) is 12.1 Å². The lowest BCUT2D eigenvalue weighted by molar-refractivity contribution is -0.138. The predicted molar refractivity (Wildman–Crippen MR) is 54.0 cm³/mol. The summed E-state index contributed by atoms with van der Waals surface area (Å²) in [5.41, 5.74) is 3.31. The number of hydrogen-bond acceptors (Lipinski definition) is 2. The van der Waals surface area contributed by atoms with E-state index in [-0.39, 0.29) is 0 Å². The third-order valence-electron chi connectivity index (χ3n) is 2.09. The van der Waals surface area contributed by atoms with E-state index in [1.54, 1.807) is 0 Å². The monoisotopic (exact) mass is 246 g/mol. The zero-order chi connectivity index (χ0) is 13.2. The van der Waals surface area contributed by atoms with E-state index in [0.717, 1.165) is 19.2 Å². The molecule has 0 fully saturated rings. The third-order valence-corrected chi connectivity index (χ3v) is 2.09. The Balaban J connectivity index is 3.23. The van der Waals surface area contributed by atoms with Gasteiger partial charge >= 0.3 is 18.0 Å². The maximum Gasteiger partial charge on any atom is 0.418 e. The fraction of sp³-hybridized carbons (Fsp3) is 0.200. The molecule has 92 valence electrons. The summed E-state index contributed by atoms with van der Waals surface area (Å²) in [6, 6.07) is 4.42. The zero-order valence-corrected chi connectivity index (χ0v) is 8.78. The van der Waals surface area contributed by atoms with Crippen LogP contribution in [-0.2, 0) is 15.8 Å². The summed E-state index contributed by atoms with van der Waals surface area (Å²) in [5.74, 6) is -2.52. The molecule has 1 aromatic carbocycles. The average molecular weight is 246 g/mol. The number of nitrogens with zero attached hydrogens (tertiary/aromatic N) is 1. The van der Waals surface area contributed by atoms with Crippen LogP contribution >= 0.6 is 0 Å². The number of halogens is 3. The molecule has 1 rings (SSSR count). The van der Waals surface area contributed by atoms with E-state index in [9.17, 15) is 22.8 Å². The van der Waals surface area contributed by atoms with E-state index in [2.05, 4.69) is 0 Å². The van der Waals surface area contributed by atoms with E-state index in [1.165, 1.54) is 12.1 Å². The Bertz CT molecular complexity index is 457. The molecule has 0 saturated heterocycles. The largest absolute Gasteiger partial charge is 0.418 e. The molecule has 4 nitrogen and oxygen atoms in total. The molecular weight excluding hydrogens is 237 g/mol. The second-order valence-electron chi connectivity index (χ2n) is 3.24. The molecule has 2 amide bonds. The van der Waals surface area contributed by atoms with E-state index >= 15 is 0 Å². The number of alkyl halides is 3. The van der Waals surface area contributed by atoms with Gasteiger partial charge in [0.25, 0.3) is 0 Å². The summed E-state index contributed by atoms with van der Waals surface area (Å²) in [7, 11) is 1.05. The number of benzene rings is 1. The molecule has 0 bridgehead atoms. The second kappa shape index (κ2) is 4.44. The van der Waals surface area contributed by atoms with Crippen LogP contribution in [0.25, 0.3) is 0 Å². The lowest BCUT2D eigenvalue weighted by atomic mass is 10.1. The first-order valence-corrected chi connectivity index (χ1v) is 4.49. The van der Waals surface area contributed by atoms with Crippen LogP contribution in [0.2, 0.25) is 0 Å². The Morgan fingerprint density at radius 2 is 1.76 bits per heavy atom. The van der Waals surface area contributed by atoms with Gasteiger partial charge in [0.05, 0.1) is 11.3 Å². The molecule has 0 aliphatic rings. The minimum atomic E-state index is -4.61. The molecule has 0 aliphatic heterocycles. The van der Waals surface area contributed by atoms with Gasteiger partial charge in [-0.05, 0) is 12.1 Å². The smallest absolute Gasteiger partial charge is 0.361 e. The first-order valence-electron chi connectivity index (χ1n) is 4.49. The van der Waals surface area contributed by atoms with E-state index < -0.39 is 29.2 Å². The van der Waals surface area contributed by atoms with Crippen molar-refractivity contribution in [3.05, 3.63) is 29.8 Å². The van der Waals surface area contributed by atoms with Crippen LogP contribution in [0.3, 0.4) is 0 Å². The van der Waals surface area contributed by atoms with Crippen molar-refractivity contribution in [2.75, 3.05) is 11.9 Å². The van der Waals surface area contributed by atoms with Crippen LogP contribution in [0.1, 0.15) is 5.56 Å². The van der Waals surface area contributed by atoms with E-state index in [1.807, 2.05) is 0 Å². The van der Waals surface area contributed by atoms with Crippen LogP contribution < -0.4 is 10.6 Å².